The summed E-state index contributed by atoms with van der Waals surface area (Å²) in [5.41, 5.74) is -1.58. The lowest BCUT2D eigenvalue weighted by atomic mass is 9.50. The van der Waals surface area contributed by atoms with Gasteiger partial charge in [-0.2, -0.15) is 22.0 Å². The Morgan fingerprint density at radius 2 is 1.62 bits per heavy atom. The number of rotatable bonds is 3. The number of carbonyl (C=O) groups is 1. The summed E-state index contributed by atoms with van der Waals surface area (Å²) in [5, 5.41) is 21.7. The van der Waals surface area contributed by atoms with Crippen LogP contribution in [-0.4, -0.2) is 33.7 Å². The topological polar surface area (TPSA) is 57.5 Å². The number of fused-ring (bicyclic) bond motifs is 4. The van der Waals surface area contributed by atoms with Crippen LogP contribution in [0.4, 0.5) is 22.0 Å². The van der Waals surface area contributed by atoms with Crippen LogP contribution < -0.4 is 0 Å². The number of ketones is 1. The van der Waals surface area contributed by atoms with E-state index in [0.717, 1.165) is 22.3 Å². The lowest BCUT2D eigenvalue weighted by molar-refractivity contribution is -0.362. The molecule has 2 N–H and O–H groups in total. The second-order valence-electron chi connectivity index (χ2n) is 12.1. The zero-order chi connectivity index (χ0) is 27.2. The monoisotopic (exact) mass is 524 g/mol. The Kier molecular flexibility index (Phi) is 5.90. The number of halogens is 5. The Bertz CT molecular complexity index is 1170. The van der Waals surface area contributed by atoms with Crippen LogP contribution in [0.25, 0.3) is 0 Å². The van der Waals surface area contributed by atoms with Crippen molar-refractivity contribution in [1.82, 2.24) is 0 Å². The minimum absolute atomic E-state index is 0.0459. The number of carbonyl (C=O) groups excluding carboxylic acids is 1. The van der Waals surface area contributed by atoms with Gasteiger partial charge in [0.1, 0.15) is 5.60 Å². The summed E-state index contributed by atoms with van der Waals surface area (Å²) in [6, 6.07) is 7.10. The zero-order valence-corrected chi connectivity index (χ0v) is 21.3. The second-order valence-corrected chi connectivity index (χ2v) is 12.1. The van der Waals surface area contributed by atoms with Gasteiger partial charge in [0.15, 0.2) is 5.78 Å². The molecule has 0 aliphatic heterocycles. The molecule has 1 aromatic rings. The summed E-state index contributed by atoms with van der Waals surface area (Å²) in [5.74, 6) is -6.47. The van der Waals surface area contributed by atoms with Crippen LogP contribution in [0.2, 0.25) is 0 Å². The quantitative estimate of drug-likeness (QED) is 0.431. The van der Waals surface area contributed by atoms with Gasteiger partial charge in [-0.05, 0) is 92.6 Å². The molecule has 2 unspecified atom stereocenters. The number of allylic oxidation sites excluding steroid dienone is 4. The molecule has 8 heteroatoms. The second kappa shape index (κ2) is 8.22. The van der Waals surface area contributed by atoms with E-state index in [9.17, 15) is 28.2 Å². The van der Waals surface area contributed by atoms with Crippen molar-refractivity contribution in [3.8, 4) is 0 Å². The Balaban J connectivity index is 1.68. The van der Waals surface area contributed by atoms with E-state index in [1.54, 1.807) is 44.2 Å². The summed E-state index contributed by atoms with van der Waals surface area (Å²) in [6.07, 6.45) is -2.81. The molecule has 0 bridgehead atoms. The van der Waals surface area contributed by atoms with Crippen LogP contribution in [0, 0.1) is 17.3 Å². The van der Waals surface area contributed by atoms with E-state index in [2.05, 4.69) is 0 Å². The Morgan fingerprint density at radius 3 is 2.22 bits per heavy atom. The largest absolute Gasteiger partial charge is 0.456 e. The maximum atomic E-state index is 15.0. The minimum Gasteiger partial charge on any atom is -0.386 e. The summed E-state index contributed by atoms with van der Waals surface area (Å²) < 4.78 is 71.0. The lowest BCUT2D eigenvalue weighted by Crippen LogP contribution is -2.65. The molecule has 3 nitrogen and oxygen atoms in total. The first kappa shape index (κ1) is 26.5. The van der Waals surface area contributed by atoms with Crippen LogP contribution in [0.5, 0.6) is 0 Å². The van der Waals surface area contributed by atoms with Crippen LogP contribution in [0.1, 0.15) is 82.8 Å². The van der Waals surface area contributed by atoms with Gasteiger partial charge in [0, 0.05) is 17.8 Å². The van der Waals surface area contributed by atoms with Gasteiger partial charge in [-0.15, -0.1) is 0 Å². The van der Waals surface area contributed by atoms with Gasteiger partial charge in [0.05, 0.1) is 5.60 Å². The number of hydrogen-bond acceptors (Lipinski definition) is 3. The SMILES string of the molecule is CC(C)(O)c1ccc([C@H]2C[C@@]3(C)C(CC[C@@]3(O)C(F)(F)C(F)(F)F)C3CCC4=CC(=O)CCC4=C32)cc1. The van der Waals surface area contributed by atoms with Crippen molar-refractivity contribution in [2.75, 3.05) is 0 Å². The smallest absolute Gasteiger partial charge is 0.386 e. The average molecular weight is 525 g/mol. The third-order valence-electron chi connectivity index (χ3n) is 9.78. The van der Waals surface area contributed by atoms with Crippen molar-refractivity contribution in [3.63, 3.8) is 0 Å². The molecule has 202 valence electrons. The first-order valence-electron chi connectivity index (χ1n) is 13.0. The van der Waals surface area contributed by atoms with E-state index in [-0.39, 0.29) is 24.5 Å². The van der Waals surface area contributed by atoms with Crippen molar-refractivity contribution in [2.24, 2.45) is 17.3 Å². The van der Waals surface area contributed by atoms with E-state index < -0.39 is 47.0 Å². The summed E-state index contributed by atoms with van der Waals surface area (Å²) in [4.78, 5) is 12.1. The summed E-state index contributed by atoms with van der Waals surface area (Å²) in [6.45, 7) is 4.70. The molecule has 5 rings (SSSR count). The highest BCUT2D eigenvalue weighted by atomic mass is 19.4. The fourth-order valence-corrected chi connectivity index (χ4v) is 7.84. The first-order chi connectivity index (χ1) is 17.0. The normalized spacial score (nSPS) is 34.6. The fraction of sp³-hybridized carbons (Fsp3) is 0.621. The maximum Gasteiger partial charge on any atom is 0.456 e. The molecular weight excluding hydrogens is 491 g/mol. The Labute approximate surface area is 213 Å². The standard InChI is InChI=1S/C29H33F5O3/c1-25(2,36)18-7-4-16(5-8-18)22-15-26(3)23(12-13-27(26,37)28(30,31)29(32,33)34)21-10-6-17-14-19(35)9-11-20(17)24(21)22/h4-5,7-8,14,21-23,36-37H,6,9-13,15H2,1-3H3/t21?,22-,23?,26+,27+/m1/s1. The molecule has 4 aliphatic rings. The van der Waals surface area contributed by atoms with Gasteiger partial charge in [0.2, 0.25) is 0 Å². The Hall–Kier alpha value is -2.06. The van der Waals surface area contributed by atoms with Gasteiger partial charge in [0.25, 0.3) is 0 Å². The highest BCUT2D eigenvalue weighted by molar-refractivity contribution is 5.93. The van der Waals surface area contributed by atoms with Crippen molar-refractivity contribution in [2.45, 2.75) is 94.9 Å². The summed E-state index contributed by atoms with van der Waals surface area (Å²) in [7, 11) is 0. The van der Waals surface area contributed by atoms with Gasteiger partial charge >= 0.3 is 12.1 Å². The molecule has 2 saturated carbocycles. The van der Waals surface area contributed by atoms with E-state index in [1.165, 1.54) is 6.92 Å². The predicted molar refractivity (Wildman–Crippen MR) is 128 cm³/mol. The molecule has 0 amide bonds. The van der Waals surface area contributed by atoms with E-state index in [4.69, 9.17) is 0 Å². The molecule has 1 aromatic carbocycles. The highest BCUT2D eigenvalue weighted by Gasteiger charge is 2.79. The lowest BCUT2D eigenvalue weighted by Gasteiger charge is -2.56. The first-order valence-corrected chi connectivity index (χ1v) is 13.0. The van der Waals surface area contributed by atoms with E-state index in [1.807, 2.05) is 0 Å². The molecule has 2 fully saturated rings. The van der Waals surface area contributed by atoms with Crippen molar-refractivity contribution >= 4 is 5.78 Å². The molecule has 0 radical (unpaired) electrons. The molecule has 0 aromatic heterocycles. The Morgan fingerprint density at radius 1 is 0.973 bits per heavy atom. The van der Waals surface area contributed by atoms with Crippen LogP contribution >= 0.6 is 0 Å². The van der Waals surface area contributed by atoms with Crippen LogP contribution in [0.15, 0.2) is 47.1 Å². The number of hydrogen-bond donors (Lipinski definition) is 2. The fourth-order valence-electron chi connectivity index (χ4n) is 7.84. The molecule has 5 atom stereocenters. The van der Waals surface area contributed by atoms with E-state index in [0.29, 0.717) is 31.2 Å². The van der Waals surface area contributed by atoms with Crippen LogP contribution in [0.3, 0.4) is 0 Å². The third-order valence-corrected chi connectivity index (χ3v) is 9.78. The molecule has 37 heavy (non-hydrogen) atoms. The van der Waals surface area contributed by atoms with E-state index >= 15 is 8.78 Å². The molecule has 0 spiro atoms. The number of aliphatic hydroxyl groups is 2. The molecule has 0 saturated heterocycles. The molecule has 0 heterocycles. The van der Waals surface area contributed by atoms with Crippen molar-refractivity contribution < 1.29 is 37.0 Å². The average Bonchev–Trinajstić information content (AvgIpc) is 3.09. The van der Waals surface area contributed by atoms with Gasteiger partial charge in [-0.25, -0.2) is 0 Å². The number of benzene rings is 1. The minimum atomic E-state index is -5.87. The van der Waals surface area contributed by atoms with Crippen molar-refractivity contribution in [3.05, 3.63) is 58.2 Å². The number of alkyl halides is 5. The maximum absolute atomic E-state index is 15.0. The van der Waals surface area contributed by atoms with Gasteiger partial charge in [-0.1, -0.05) is 36.8 Å². The van der Waals surface area contributed by atoms with Crippen LogP contribution in [-0.2, 0) is 10.4 Å². The molecular formula is C29H33F5O3. The zero-order valence-electron chi connectivity index (χ0n) is 21.3. The van der Waals surface area contributed by atoms with Gasteiger partial charge < -0.3 is 10.2 Å². The van der Waals surface area contributed by atoms with Gasteiger partial charge in [-0.3, -0.25) is 4.79 Å². The highest BCUT2D eigenvalue weighted by Crippen LogP contribution is 2.70. The molecule has 4 aliphatic carbocycles. The summed E-state index contributed by atoms with van der Waals surface area (Å²) >= 11 is 0. The van der Waals surface area contributed by atoms with Crippen molar-refractivity contribution in [1.29, 1.82) is 0 Å². The third kappa shape index (κ3) is 3.76. The predicted octanol–water partition coefficient (Wildman–Crippen LogP) is 6.74.